The quantitative estimate of drug-likeness (QED) is 0.889. The first kappa shape index (κ1) is 17.8. The topological polar surface area (TPSA) is 71.5 Å². The summed E-state index contributed by atoms with van der Waals surface area (Å²) >= 11 is 0. The fourth-order valence-electron chi connectivity index (χ4n) is 2.72. The van der Waals surface area contributed by atoms with Crippen LogP contribution in [-0.4, -0.2) is 36.2 Å². The van der Waals surface area contributed by atoms with Crippen LogP contribution >= 0.6 is 0 Å². The molecule has 0 bridgehead atoms. The predicted molar refractivity (Wildman–Crippen MR) is 90.7 cm³/mol. The highest BCUT2D eigenvalue weighted by molar-refractivity contribution is 5.90. The number of pyridine rings is 1. The number of nitrogens with zero attached hydrogens (tertiary/aromatic N) is 2. The van der Waals surface area contributed by atoms with Crippen molar-refractivity contribution in [3.63, 3.8) is 0 Å². The van der Waals surface area contributed by atoms with Crippen molar-refractivity contribution < 1.29 is 23.1 Å². The number of hydrogen-bond donors (Lipinski definition) is 1. The van der Waals surface area contributed by atoms with E-state index < -0.39 is 24.7 Å². The lowest BCUT2D eigenvalue weighted by atomic mass is 10.0. The molecule has 1 aliphatic rings. The van der Waals surface area contributed by atoms with Crippen molar-refractivity contribution in [2.24, 2.45) is 0 Å². The molecule has 8 heteroatoms. The second-order valence-electron chi connectivity index (χ2n) is 5.89. The minimum atomic E-state index is -0.733. The normalized spacial score (nSPS) is 16.5. The molecular weight excluding hydrogens is 344 g/mol. The van der Waals surface area contributed by atoms with Crippen LogP contribution in [0.2, 0.25) is 0 Å². The van der Waals surface area contributed by atoms with Gasteiger partial charge in [0.15, 0.2) is 0 Å². The van der Waals surface area contributed by atoms with E-state index in [1.165, 1.54) is 36.2 Å². The van der Waals surface area contributed by atoms with Gasteiger partial charge in [0.1, 0.15) is 18.6 Å². The van der Waals surface area contributed by atoms with Gasteiger partial charge in [0.25, 0.3) is 0 Å². The number of cyclic esters (lactones) is 1. The molecule has 1 aromatic carbocycles. The molecule has 1 aliphatic heterocycles. The number of carbonyl (C=O) groups is 2. The van der Waals surface area contributed by atoms with Crippen LogP contribution in [0, 0.1) is 5.82 Å². The van der Waals surface area contributed by atoms with E-state index in [4.69, 9.17) is 4.74 Å². The Balaban J connectivity index is 1.79. The van der Waals surface area contributed by atoms with Gasteiger partial charge in [-0.05, 0) is 35.9 Å². The van der Waals surface area contributed by atoms with Gasteiger partial charge in [0, 0.05) is 18.7 Å². The summed E-state index contributed by atoms with van der Waals surface area (Å²) in [5.41, 5.74) is 1.36. The van der Waals surface area contributed by atoms with Crippen LogP contribution in [0.1, 0.15) is 12.6 Å². The van der Waals surface area contributed by atoms with E-state index in [9.17, 15) is 18.4 Å². The van der Waals surface area contributed by atoms with E-state index in [0.717, 1.165) is 0 Å². The van der Waals surface area contributed by atoms with Crippen LogP contribution in [0.3, 0.4) is 0 Å². The maximum absolute atomic E-state index is 14.6. The van der Waals surface area contributed by atoms with Crippen molar-refractivity contribution in [2.45, 2.75) is 19.7 Å². The molecular formula is C18H17F2N3O3. The van der Waals surface area contributed by atoms with Crippen LogP contribution in [0.5, 0.6) is 0 Å². The predicted octanol–water partition coefficient (Wildman–Crippen LogP) is 2.82. The van der Waals surface area contributed by atoms with E-state index in [2.05, 4.69) is 10.3 Å². The van der Waals surface area contributed by atoms with Crippen LogP contribution in [-0.2, 0) is 16.2 Å². The zero-order valence-corrected chi connectivity index (χ0v) is 14.0. The van der Waals surface area contributed by atoms with Crippen LogP contribution in [0.25, 0.3) is 11.1 Å². The summed E-state index contributed by atoms with van der Waals surface area (Å²) in [4.78, 5) is 28.1. The lowest BCUT2D eigenvalue weighted by molar-refractivity contribution is -0.119. The summed E-state index contributed by atoms with van der Waals surface area (Å²) in [5, 5.41) is 2.58. The Morgan fingerprint density at radius 2 is 2.19 bits per heavy atom. The van der Waals surface area contributed by atoms with Gasteiger partial charge in [0.2, 0.25) is 5.91 Å². The number of benzene rings is 1. The Bertz CT molecular complexity index is 844. The van der Waals surface area contributed by atoms with Crippen LogP contribution in [0.15, 0.2) is 36.5 Å². The molecule has 1 fully saturated rings. The van der Waals surface area contributed by atoms with Crippen molar-refractivity contribution in [3.8, 4) is 11.1 Å². The van der Waals surface area contributed by atoms with E-state index in [1.807, 2.05) is 0 Å². The minimum Gasteiger partial charge on any atom is -0.442 e. The number of aromatic nitrogens is 1. The Labute approximate surface area is 148 Å². The summed E-state index contributed by atoms with van der Waals surface area (Å²) in [7, 11) is 0. The van der Waals surface area contributed by atoms with Crippen molar-refractivity contribution in [3.05, 3.63) is 48.0 Å². The Morgan fingerprint density at radius 1 is 1.38 bits per heavy atom. The summed E-state index contributed by atoms with van der Waals surface area (Å²) in [6.07, 6.45) is 0.319. The summed E-state index contributed by atoms with van der Waals surface area (Å²) in [6, 6.07) is 7.41. The molecule has 6 nitrogen and oxygen atoms in total. The number of alkyl halides is 1. The average molecular weight is 361 g/mol. The number of amides is 2. The van der Waals surface area contributed by atoms with Crippen molar-refractivity contribution in [1.82, 2.24) is 10.3 Å². The molecule has 1 atom stereocenters. The monoisotopic (exact) mass is 361 g/mol. The third kappa shape index (κ3) is 3.79. The number of halogens is 2. The molecule has 0 radical (unpaired) electrons. The van der Waals surface area contributed by atoms with Crippen molar-refractivity contribution in [1.29, 1.82) is 0 Å². The number of carbonyl (C=O) groups excluding carboxylic acids is 2. The Hall–Kier alpha value is -3.03. The third-order valence-corrected chi connectivity index (χ3v) is 3.98. The maximum Gasteiger partial charge on any atom is 0.414 e. The molecule has 2 amide bonds. The first-order chi connectivity index (χ1) is 12.5. The zero-order valence-electron chi connectivity index (χ0n) is 14.0. The van der Waals surface area contributed by atoms with Gasteiger partial charge < -0.3 is 10.1 Å². The number of nitrogens with one attached hydrogen (secondary N) is 1. The zero-order chi connectivity index (χ0) is 18.7. The highest BCUT2D eigenvalue weighted by atomic mass is 19.1. The largest absolute Gasteiger partial charge is 0.442 e. The second kappa shape index (κ2) is 7.47. The fraction of sp³-hybridized carbons (Fsp3) is 0.278. The SMILES string of the molecule is CC(=O)NC[C@H]1CN(c2ccc(-c3ccnc(CF)c3)c(F)c2)C(=O)O1. The summed E-state index contributed by atoms with van der Waals surface area (Å²) in [5.74, 6) is -0.767. The number of ether oxygens (including phenoxy) is 1. The fourth-order valence-corrected chi connectivity index (χ4v) is 2.72. The molecule has 0 unspecified atom stereocenters. The lowest BCUT2D eigenvalue weighted by Crippen LogP contribution is -2.33. The summed E-state index contributed by atoms with van der Waals surface area (Å²) in [6.45, 7) is 1.04. The molecule has 1 N–H and O–H groups in total. The van der Waals surface area contributed by atoms with Gasteiger partial charge in [-0.3, -0.25) is 14.7 Å². The van der Waals surface area contributed by atoms with Gasteiger partial charge in [-0.25, -0.2) is 13.6 Å². The number of hydrogen-bond acceptors (Lipinski definition) is 4. The van der Waals surface area contributed by atoms with Crippen molar-refractivity contribution >= 4 is 17.7 Å². The molecule has 136 valence electrons. The first-order valence-electron chi connectivity index (χ1n) is 8.01. The highest BCUT2D eigenvalue weighted by Crippen LogP contribution is 2.29. The van der Waals surface area contributed by atoms with Gasteiger partial charge in [-0.1, -0.05) is 0 Å². The maximum atomic E-state index is 14.6. The molecule has 2 aromatic rings. The number of anilines is 1. The molecule has 0 spiro atoms. The van der Waals surface area contributed by atoms with Gasteiger partial charge in [-0.2, -0.15) is 0 Å². The molecule has 26 heavy (non-hydrogen) atoms. The Morgan fingerprint density at radius 3 is 2.88 bits per heavy atom. The molecule has 2 heterocycles. The van der Waals surface area contributed by atoms with Crippen LogP contribution in [0.4, 0.5) is 19.3 Å². The van der Waals surface area contributed by atoms with E-state index in [0.29, 0.717) is 11.3 Å². The first-order valence-corrected chi connectivity index (χ1v) is 8.01. The molecule has 0 saturated carbocycles. The second-order valence-corrected chi connectivity index (χ2v) is 5.89. The van der Waals surface area contributed by atoms with Gasteiger partial charge in [0.05, 0.1) is 24.5 Å². The van der Waals surface area contributed by atoms with Crippen LogP contribution < -0.4 is 10.2 Å². The standard InChI is InChI=1S/C18H17F2N3O3/c1-11(24)22-9-15-10-23(18(25)26-15)14-2-3-16(17(20)7-14)12-4-5-21-13(6-12)8-19/h2-7,15H,8-10H2,1H3,(H,22,24)/t15-/m0/s1. The Kier molecular flexibility index (Phi) is 5.11. The molecule has 1 saturated heterocycles. The molecule has 3 rings (SSSR count). The van der Waals surface area contributed by atoms with E-state index in [-0.39, 0.29) is 30.3 Å². The minimum absolute atomic E-state index is 0.196. The van der Waals surface area contributed by atoms with E-state index >= 15 is 0 Å². The third-order valence-electron chi connectivity index (χ3n) is 3.98. The molecule has 1 aromatic heterocycles. The average Bonchev–Trinajstić information content (AvgIpc) is 3.00. The van der Waals surface area contributed by atoms with Crippen molar-refractivity contribution in [2.75, 3.05) is 18.0 Å². The van der Waals surface area contributed by atoms with E-state index in [1.54, 1.807) is 12.1 Å². The highest BCUT2D eigenvalue weighted by Gasteiger charge is 2.32. The van der Waals surface area contributed by atoms with Gasteiger partial charge >= 0.3 is 6.09 Å². The summed E-state index contributed by atoms with van der Waals surface area (Å²) < 4.78 is 32.5. The molecule has 0 aliphatic carbocycles. The number of rotatable bonds is 5. The smallest absolute Gasteiger partial charge is 0.414 e. The lowest BCUT2D eigenvalue weighted by Gasteiger charge is -2.14. The van der Waals surface area contributed by atoms with Gasteiger partial charge in [-0.15, -0.1) is 0 Å².